The van der Waals surface area contributed by atoms with Crippen molar-refractivity contribution < 1.29 is 18.3 Å². The summed E-state index contributed by atoms with van der Waals surface area (Å²) in [6, 6.07) is 5.56. The van der Waals surface area contributed by atoms with E-state index in [1.54, 1.807) is 12.1 Å². The molecule has 0 saturated heterocycles. The number of carbonyl (C=O) groups is 1. The van der Waals surface area contributed by atoms with Crippen LogP contribution < -0.4 is 4.31 Å². The molecule has 2 aromatic rings. The number of hydrogen-bond acceptors (Lipinski definition) is 5. The van der Waals surface area contributed by atoms with Crippen LogP contribution in [0.25, 0.3) is 0 Å². The molecule has 0 amide bonds. The van der Waals surface area contributed by atoms with E-state index in [2.05, 4.69) is 9.97 Å². The van der Waals surface area contributed by atoms with Gasteiger partial charge in [0.1, 0.15) is 0 Å². The summed E-state index contributed by atoms with van der Waals surface area (Å²) < 4.78 is 25.6. The molecular weight excluding hydrogens is 282 g/mol. The van der Waals surface area contributed by atoms with E-state index < -0.39 is 16.0 Å². The monoisotopic (exact) mass is 293 g/mol. The Morgan fingerprint density at radius 2 is 2.00 bits per heavy atom. The van der Waals surface area contributed by atoms with Gasteiger partial charge in [-0.25, -0.2) is 9.78 Å². The van der Waals surface area contributed by atoms with Crippen molar-refractivity contribution in [3.05, 3.63) is 48.4 Å². The number of rotatable bonds is 4. The van der Waals surface area contributed by atoms with Gasteiger partial charge in [-0.15, -0.1) is 0 Å². The van der Waals surface area contributed by atoms with Gasteiger partial charge in [-0.05, 0) is 24.3 Å². The van der Waals surface area contributed by atoms with E-state index in [0.717, 1.165) is 16.6 Å². The molecule has 0 aromatic carbocycles. The van der Waals surface area contributed by atoms with Gasteiger partial charge in [-0.1, -0.05) is 0 Å². The predicted molar refractivity (Wildman–Crippen MR) is 71.0 cm³/mol. The van der Waals surface area contributed by atoms with Gasteiger partial charge in [0.25, 0.3) is 10.0 Å². The zero-order valence-corrected chi connectivity index (χ0v) is 11.3. The van der Waals surface area contributed by atoms with Crippen LogP contribution in [0.3, 0.4) is 0 Å². The first-order valence-electron chi connectivity index (χ1n) is 5.51. The van der Waals surface area contributed by atoms with Crippen molar-refractivity contribution in [3.63, 3.8) is 0 Å². The van der Waals surface area contributed by atoms with Crippen molar-refractivity contribution in [2.24, 2.45) is 0 Å². The molecule has 8 heteroatoms. The summed E-state index contributed by atoms with van der Waals surface area (Å²) in [5, 5.41) is 8.53. The molecule has 2 aromatic heterocycles. The van der Waals surface area contributed by atoms with E-state index in [0.29, 0.717) is 5.69 Å². The fraction of sp³-hybridized carbons (Fsp3) is 0.0833. The van der Waals surface area contributed by atoms with E-state index in [4.69, 9.17) is 5.11 Å². The SMILES string of the molecule is CN(c1cccnc1)S(=O)(=O)c1ccc(C(=O)O)cn1. The van der Waals surface area contributed by atoms with Gasteiger partial charge in [0.05, 0.1) is 17.4 Å². The van der Waals surface area contributed by atoms with Crippen LogP contribution in [0.1, 0.15) is 10.4 Å². The Bertz CT molecular complexity index is 714. The normalized spacial score (nSPS) is 11.1. The number of carboxylic acids is 1. The molecule has 0 unspecified atom stereocenters. The topological polar surface area (TPSA) is 100 Å². The lowest BCUT2D eigenvalue weighted by molar-refractivity contribution is 0.0696. The fourth-order valence-corrected chi connectivity index (χ4v) is 2.57. The summed E-state index contributed by atoms with van der Waals surface area (Å²) in [4.78, 5) is 18.2. The van der Waals surface area contributed by atoms with Crippen LogP contribution in [0, 0.1) is 0 Å². The molecule has 1 N–H and O–H groups in total. The van der Waals surface area contributed by atoms with Gasteiger partial charge in [0.15, 0.2) is 5.03 Å². The Balaban J connectivity index is 2.37. The maximum absolute atomic E-state index is 12.3. The second-order valence-corrected chi connectivity index (χ2v) is 5.79. The summed E-state index contributed by atoms with van der Waals surface area (Å²) in [6.45, 7) is 0. The summed E-state index contributed by atoms with van der Waals surface area (Å²) in [5.74, 6) is -1.16. The van der Waals surface area contributed by atoms with Crippen LogP contribution in [0.2, 0.25) is 0 Å². The molecule has 7 nitrogen and oxygen atoms in total. The standard InChI is InChI=1S/C12H11N3O4S/c1-15(10-3-2-6-13-8-10)20(18,19)11-5-4-9(7-14-11)12(16)17/h2-8H,1H3,(H,16,17). The predicted octanol–water partition coefficient (Wildman–Crippen LogP) is 1.000. The zero-order chi connectivity index (χ0) is 14.8. The van der Waals surface area contributed by atoms with Crippen molar-refractivity contribution in [2.45, 2.75) is 5.03 Å². The number of hydrogen-bond donors (Lipinski definition) is 1. The third kappa shape index (κ3) is 2.59. The molecule has 0 saturated carbocycles. The van der Waals surface area contributed by atoms with Crippen LogP contribution in [-0.4, -0.2) is 36.5 Å². The van der Waals surface area contributed by atoms with Crippen LogP contribution in [0.4, 0.5) is 5.69 Å². The molecular formula is C12H11N3O4S. The maximum atomic E-state index is 12.3. The Labute approximate surface area is 115 Å². The largest absolute Gasteiger partial charge is 0.478 e. The maximum Gasteiger partial charge on any atom is 0.337 e. The Hall–Kier alpha value is -2.48. The molecule has 104 valence electrons. The number of nitrogens with zero attached hydrogens (tertiary/aromatic N) is 3. The summed E-state index contributed by atoms with van der Waals surface area (Å²) >= 11 is 0. The molecule has 0 atom stereocenters. The van der Waals surface area contributed by atoms with Gasteiger partial charge in [0.2, 0.25) is 0 Å². The van der Waals surface area contributed by atoms with E-state index in [1.165, 1.54) is 25.5 Å². The third-order valence-corrected chi connectivity index (χ3v) is 4.32. The minimum atomic E-state index is -3.85. The highest BCUT2D eigenvalue weighted by Gasteiger charge is 2.23. The van der Waals surface area contributed by atoms with E-state index in [-0.39, 0.29) is 10.6 Å². The number of sulfonamides is 1. The lowest BCUT2D eigenvalue weighted by Gasteiger charge is -2.18. The Morgan fingerprint density at radius 1 is 1.25 bits per heavy atom. The number of aromatic nitrogens is 2. The Kier molecular flexibility index (Phi) is 3.66. The highest BCUT2D eigenvalue weighted by Crippen LogP contribution is 2.19. The number of carboxylic acid groups (broad SMARTS) is 1. The highest BCUT2D eigenvalue weighted by molar-refractivity contribution is 7.92. The second kappa shape index (κ2) is 5.25. The number of anilines is 1. The van der Waals surface area contributed by atoms with E-state index >= 15 is 0 Å². The zero-order valence-electron chi connectivity index (χ0n) is 10.5. The van der Waals surface area contributed by atoms with Crippen molar-refractivity contribution in [2.75, 3.05) is 11.4 Å². The highest BCUT2D eigenvalue weighted by atomic mass is 32.2. The molecule has 2 rings (SSSR count). The van der Waals surface area contributed by atoms with Gasteiger partial charge in [-0.2, -0.15) is 8.42 Å². The van der Waals surface area contributed by atoms with Crippen molar-refractivity contribution in [3.8, 4) is 0 Å². The van der Waals surface area contributed by atoms with Crippen molar-refractivity contribution >= 4 is 21.7 Å². The lowest BCUT2D eigenvalue weighted by Crippen LogP contribution is -2.27. The molecule has 20 heavy (non-hydrogen) atoms. The Morgan fingerprint density at radius 3 is 2.50 bits per heavy atom. The quantitative estimate of drug-likeness (QED) is 0.902. The average molecular weight is 293 g/mol. The average Bonchev–Trinajstić information content (AvgIpc) is 2.47. The van der Waals surface area contributed by atoms with Gasteiger partial charge in [0, 0.05) is 19.4 Å². The summed E-state index contributed by atoms with van der Waals surface area (Å²) in [7, 11) is -2.47. The van der Waals surface area contributed by atoms with Gasteiger partial charge < -0.3 is 5.11 Å². The van der Waals surface area contributed by atoms with E-state index in [1.807, 2.05) is 0 Å². The third-order valence-electron chi connectivity index (χ3n) is 2.62. The number of pyridine rings is 2. The minimum Gasteiger partial charge on any atom is -0.478 e. The first-order valence-corrected chi connectivity index (χ1v) is 6.95. The van der Waals surface area contributed by atoms with Crippen LogP contribution in [0.15, 0.2) is 47.9 Å². The molecule has 2 heterocycles. The summed E-state index contributed by atoms with van der Waals surface area (Å²) in [6.07, 6.45) is 3.94. The number of aromatic carboxylic acids is 1. The van der Waals surface area contributed by atoms with Crippen LogP contribution in [-0.2, 0) is 10.0 Å². The first kappa shape index (κ1) is 13.9. The summed E-state index contributed by atoms with van der Waals surface area (Å²) in [5.41, 5.74) is 0.310. The minimum absolute atomic E-state index is 0.0759. The van der Waals surface area contributed by atoms with Crippen molar-refractivity contribution in [1.82, 2.24) is 9.97 Å². The molecule has 0 fully saturated rings. The fourth-order valence-electron chi connectivity index (χ4n) is 1.48. The second-order valence-electron chi connectivity index (χ2n) is 3.87. The lowest BCUT2D eigenvalue weighted by atomic mass is 10.3. The van der Waals surface area contributed by atoms with Crippen molar-refractivity contribution in [1.29, 1.82) is 0 Å². The molecule has 0 radical (unpaired) electrons. The molecule has 0 aliphatic rings. The molecule has 0 spiro atoms. The van der Waals surface area contributed by atoms with Gasteiger partial charge in [-0.3, -0.25) is 9.29 Å². The smallest absolute Gasteiger partial charge is 0.337 e. The first-order chi connectivity index (χ1) is 9.43. The van der Waals surface area contributed by atoms with Crippen LogP contribution >= 0.6 is 0 Å². The molecule has 0 bridgehead atoms. The van der Waals surface area contributed by atoms with E-state index in [9.17, 15) is 13.2 Å². The van der Waals surface area contributed by atoms with Crippen LogP contribution in [0.5, 0.6) is 0 Å². The molecule has 0 aliphatic heterocycles. The molecule has 0 aliphatic carbocycles. The van der Waals surface area contributed by atoms with Gasteiger partial charge >= 0.3 is 5.97 Å².